The fraction of sp³-hybridized carbons (Fsp3) is 0.227. The maximum absolute atomic E-state index is 12.5. The lowest BCUT2D eigenvalue weighted by Gasteiger charge is -2.19. The van der Waals surface area contributed by atoms with E-state index < -0.39 is 10.8 Å². The summed E-state index contributed by atoms with van der Waals surface area (Å²) in [5.74, 6) is 0.220. The number of carbonyl (C=O) groups is 1. The minimum absolute atomic E-state index is 0.0194. The number of rotatable bonds is 5. The molecule has 0 aliphatic carbocycles. The van der Waals surface area contributed by atoms with Crippen molar-refractivity contribution in [3.05, 3.63) is 76.0 Å². The van der Waals surface area contributed by atoms with Gasteiger partial charge in [0, 0.05) is 5.69 Å². The minimum Gasteiger partial charge on any atom is -0.497 e. The summed E-state index contributed by atoms with van der Waals surface area (Å²) in [7, 11) is 1.43. The number of nitro benzene ring substituents is 1. The quantitative estimate of drug-likeness (QED) is 0.461. The number of methoxy groups -OCH3 is 1. The molecule has 0 saturated heterocycles. The average molecular weight is 394 g/mol. The number of furan rings is 1. The summed E-state index contributed by atoms with van der Waals surface area (Å²) in [5, 5.41) is 14.1. The second-order valence-electron chi connectivity index (χ2n) is 7.59. The van der Waals surface area contributed by atoms with Gasteiger partial charge in [-0.05, 0) is 47.4 Å². The lowest BCUT2D eigenvalue weighted by molar-refractivity contribution is -0.384. The van der Waals surface area contributed by atoms with Gasteiger partial charge in [0.2, 0.25) is 0 Å². The number of carbonyl (C=O) groups excluding carboxylic acids is 1. The molecule has 1 amide bonds. The van der Waals surface area contributed by atoms with E-state index in [1.54, 1.807) is 6.07 Å². The van der Waals surface area contributed by atoms with Gasteiger partial charge in [-0.2, -0.15) is 0 Å². The predicted molar refractivity (Wildman–Crippen MR) is 110 cm³/mol. The van der Waals surface area contributed by atoms with Crippen molar-refractivity contribution in [1.29, 1.82) is 0 Å². The molecule has 7 heteroatoms. The lowest BCUT2D eigenvalue weighted by Crippen LogP contribution is -2.13. The summed E-state index contributed by atoms with van der Waals surface area (Å²) < 4.78 is 10.6. The SMILES string of the molecule is COc1ccc(-c2ccc(C(=O)Nc3ccc(C(C)(C)C)cc3)o2)c([N+](=O)[O-])c1. The van der Waals surface area contributed by atoms with Crippen molar-refractivity contribution in [1.82, 2.24) is 0 Å². The standard InChI is InChI=1S/C22H22N2O5/c1-22(2,3)14-5-7-15(8-6-14)23-21(25)20-12-11-19(29-20)17-10-9-16(28-4)13-18(17)24(26)27/h5-13H,1-4H3,(H,23,25). The normalized spacial score (nSPS) is 11.2. The third kappa shape index (κ3) is 4.45. The van der Waals surface area contributed by atoms with Gasteiger partial charge in [0.15, 0.2) is 5.76 Å². The van der Waals surface area contributed by atoms with Crippen LogP contribution in [0.15, 0.2) is 59.0 Å². The lowest BCUT2D eigenvalue weighted by atomic mass is 9.87. The molecule has 0 radical (unpaired) electrons. The van der Waals surface area contributed by atoms with E-state index in [1.807, 2.05) is 24.3 Å². The first-order valence-electron chi connectivity index (χ1n) is 9.03. The van der Waals surface area contributed by atoms with Crippen molar-refractivity contribution in [3.63, 3.8) is 0 Å². The molecule has 3 aromatic rings. The molecular weight excluding hydrogens is 372 g/mol. The Balaban J connectivity index is 1.81. The Morgan fingerprint density at radius 2 is 1.76 bits per heavy atom. The van der Waals surface area contributed by atoms with Gasteiger partial charge >= 0.3 is 0 Å². The van der Waals surface area contributed by atoms with Crippen LogP contribution in [0.5, 0.6) is 5.75 Å². The maximum atomic E-state index is 12.5. The van der Waals surface area contributed by atoms with Gasteiger partial charge < -0.3 is 14.5 Å². The first-order chi connectivity index (χ1) is 13.7. The molecule has 0 spiro atoms. The number of hydrogen-bond donors (Lipinski definition) is 1. The van der Waals surface area contributed by atoms with Crippen molar-refractivity contribution < 1.29 is 18.9 Å². The molecule has 150 valence electrons. The number of benzene rings is 2. The van der Waals surface area contributed by atoms with E-state index >= 15 is 0 Å². The molecule has 29 heavy (non-hydrogen) atoms. The highest BCUT2D eigenvalue weighted by atomic mass is 16.6. The highest BCUT2D eigenvalue weighted by Crippen LogP contribution is 2.34. The van der Waals surface area contributed by atoms with Gasteiger partial charge in [-0.25, -0.2) is 0 Å². The van der Waals surface area contributed by atoms with Gasteiger partial charge in [0.25, 0.3) is 11.6 Å². The van der Waals surface area contributed by atoms with Crippen LogP contribution in [0.2, 0.25) is 0 Å². The van der Waals surface area contributed by atoms with Crippen LogP contribution in [0.3, 0.4) is 0 Å². The molecule has 0 unspecified atom stereocenters. The summed E-state index contributed by atoms with van der Waals surface area (Å²) in [6.07, 6.45) is 0. The topological polar surface area (TPSA) is 94.6 Å². The second-order valence-corrected chi connectivity index (χ2v) is 7.59. The van der Waals surface area contributed by atoms with E-state index in [-0.39, 0.29) is 28.2 Å². The number of nitrogens with one attached hydrogen (secondary N) is 1. The molecular formula is C22H22N2O5. The number of anilines is 1. The molecule has 0 bridgehead atoms. The van der Waals surface area contributed by atoms with Gasteiger partial charge in [0.1, 0.15) is 11.5 Å². The Labute approximate surface area is 168 Å². The first-order valence-corrected chi connectivity index (χ1v) is 9.03. The highest BCUT2D eigenvalue weighted by Gasteiger charge is 2.21. The van der Waals surface area contributed by atoms with E-state index in [0.717, 1.165) is 5.56 Å². The Kier molecular flexibility index (Phi) is 5.41. The molecule has 1 heterocycles. The number of amides is 1. The van der Waals surface area contributed by atoms with E-state index in [1.165, 1.54) is 31.4 Å². The average Bonchev–Trinajstić information content (AvgIpc) is 3.17. The third-order valence-electron chi connectivity index (χ3n) is 4.51. The zero-order chi connectivity index (χ0) is 21.2. The van der Waals surface area contributed by atoms with Crippen LogP contribution in [0.25, 0.3) is 11.3 Å². The van der Waals surface area contributed by atoms with Gasteiger partial charge in [-0.3, -0.25) is 14.9 Å². The first kappa shape index (κ1) is 20.1. The van der Waals surface area contributed by atoms with Crippen LogP contribution in [0.1, 0.15) is 36.9 Å². The molecule has 1 aromatic heterocycles. The molecule has 0 aliphatic heterocycles. The van der Waals surface area contributed by atoms with Gasteiger partial charge in [0.05, 0.1) is 23.7 Å². The number of hydrogen-bond acceptors (Lipinski definition) is 5. The molecule has 0 saturated carbocycles. The van der Waals surface area contributed by atoms with E-state index in [0.29, 0.717) is 11.4 Å². The van der Waals surface area contributed by atoms with Crippen molar-refractivity contribution in [3.8, 4) is 17.1 Å². The van der Waals surface area contributed by atoms with Crippen LogP contribution >= 0.6 is 0 Å². The molecule has 7 nitrogen and oxygen atoms in total. The summed E-state index contributed by atoms with van der Waals surface area (Å²) in [6, 6.07) is 15.0. The number of nitrogens with zero attached hydrogens (tertiary/aromatic N) is 1. The van der Waals surface area contributed by atoms with Crippen LogP contribution in [-0.2, 0) is 5.41 Å². The minimum atomic E-state index is -0.517. The Morgan fingerprint density at radius 1 is 1.07 bits per heavy atom. The van der Waals surface area contributed by atoms with Crippen LogP contribution < -0.4 is 10.1 Å². The van der Waals surface area contributed by atoms with Gasteiger partial charge in [-0.1, -0.05) is 32.9 Å². The summed E-state index contributed by atoms with van der Waals surface area (Å²) >= 11 is 0. The molecule has 1 N–H and O–H groups in total. The Bertz CT molecular complexity index is 1050. The van der Waals surface area contributed by atoms with E-state index in [4.69, 9.17) is 9.15 Å². The number of ether oxygens (including phenoxy) is 1. The number of nitro groups is 1. The Morgan fingerprint density at radius 3 is 2.34 bits per heavy atom. The molecule has 0 atom stereocenters. The zero-order valence-corrected chi connectivity index (χ0v) is 16.7. The summed E-state index contributed by atoms with van der Waals surface area (Å²) in [5.41, 5.74) is 1.91. The largest absolute Gasteiger partial charge is 0.497 e. The second kappa shape index (κ2) is 7.79. The molecule has 2 aromatic carbocycles. The third-order valence-corrected chi connectivity index (χ3v) is 4.51. The van der Waals surface area contributed by atoms with E-state index in [9.17, 15) is 14.9 Å². The fourth-order valence-corrected chi connectivity index (χ4v) is 2.85. The monoisotopic (exact) mass is 394 g/mol. The molecule has 3 rings (SSSR count). The fourth-order valence-electron chi connectivity index (χ4n) is 2.85. The highest BCUT2D eigenvalue weighted by molar-refractivity contribution is 6.02. The summed E-state index contributed by atoms with van der Waals surface area (Å²) in [6.45, 7) is 6.34. The summed E-state index contributed by atoms with van der Waals surface area (Å²) in [4.78, 5) is 23.4. The van der Waals surface area contributed by atoms with Crippen LogP contribution in [0.4, 0.5) is 11.4 Å². The van der Waals surface area contributed by atoms with Crippen LogP contribution in [0, 0.1) is 10.1 Å². The van der Waals surface area contributed by atoms with Crippen molar-refractivity contribution in [2.75, 3.05) is 12.4 Å². The zero-order valence-electron chi connectivity index (χ0n) is 16.7. The van der Waals surface area contributed by atoms with Crippen molar-refractivity contribution >= 4 is 17.3 Å². The smallest absolute Gasteiger partial charge is 0.291 e. The predicted octanol–water partition coefficient (Wildman–Crippen LogP) is 5.41. The molecule has 0 fully saturated rings. The Hall–Kier alpha value is -3.61. The van der Waals surface area contributed by atoms with E-state index in [2.05, 4.69) is 26.1 Å². The van der Waals surface area contributed by atoms with Gasteiger partial charge in [-0.15, -0.1) is 0 Å². The molecule has 0 aliphatic rings. The van der Waals surface area contributed by atoms with Crippen LogP contribution in [-0.4, -0.2) is 17.9 Å². The van der Waals surface area contributed by atoms with Crippen molar-refractivity contribution in [2.24, 2.45) is 0 Å². The van der Waals surface area contributed by atoms with Crippen molar-refractivity contribution in [2.45, 2.75) is 26.2 Å². The maximum Gasteiger partial charge on any atom is 0.291 e.